The molecule has 0 fully saturated rings. The zero-order valence-corrected chi connectivity index (χ0v) is 10.1. The summed E-state index contributed by atoms with van der Waals surface area (Å²) in [5, 5.41) is 8.11. The van der Waals surface area contributed by atoms with Gasteiger partial charge in [0.1, 0.15) is 0 Å². The Bertz CT molecular complexity index is 573. The van der Waals surface area contributed by atoms with Gasteiger partial charge in [0.15, 0.2) is 5.82 Å². The Labute approximate surface area is 99.4 Å². The molecule has 0 radical (unpaired) electrons. The van der Waals surface area contributed by atoms with Crippen LogP contribution in [0.15, 0.2) is 4.52 Å². The maximum Gasteiger partial charge on any atom is 0.260 e. The van der Waals surface area contributed by atoms with Crippen molar-refractivity contribution in [2.24, 2.45) is 0 Å². The van der Waals surface area contributed by atoms with Crippen molar-refractivity contribution < 1.29 is 4.52 Å². The molecule has 5 nitrogen and oxygen atoms in total. The summed E-state index contributed by atoms with van der Waals surface area (Å²) in [5.41, 5.74) is 10.1. The van der Waals surface area contributed by atoms with E-state index in [-0.39, 0.29) is 0 Å². The topological polar surface area (TPSA) is 77.0 Å². The van der Waals surface area contributed by atoms with Crippen molar-refractivity contribution in [3.8, 4) is 0 Å². The lowest BCUT2D eigenvalue weighted by molar-refractivity contribution is 0.450. The lowest BCUT2D eigenvalue weighted by atomic mass is 9.93. The number of hydrogen-bond donors (Lipinski definition) is 2. The summed E-state index contributed by atoms with van der Waals surface area (Å²) in [5.74, 6) is 0.834. The van der Waals surface area contributed by atoms with Crippen LogP contribution in [-0.4, -0.2) is 16.7 Å². The molecule has 17 heavy (non-hydrogen) atoms. The predicted molar refractivity (Wildman–Crippen MR) is 65.7 cm³/mol. The summed E-state index contributed by atoms with van der Waals surface area (Å²) in [4.78, 5) is 4.56. The van der Waals surface area contributed by atoms with Crippen molar-refractivity contribution in [3.05, 3.63) is 16.8 Å². The maximum atomic E-state index is 5.86. The van der Waals surface area contributed by atoms with E-state index >= 15 is 0 Å². The van der Waals surface area contributed by atoms with E-state index in [4.69, 9.17) is 10.3 Å². The lowest BCUT2D eigenvalue weighted by Crippen LogP contribution is -2.26. The summed E-state index contributed by atoms with van der Waals surface area (Å²) in [6.07, 6.45) is 0.958. The molecular formula is C12H16N4O. The highest BCUT2D eigenvalue weighted by atomic mass is 16.5. The number of aromatic nitrogens is 2. The molecule has 0 aromatic carbocycles. The second-order valence-electron chi connectivity index (χ2n) is 4.78. The van der Waals surface area contributed by atoms with Crippen LogP contribution < -0.4 is 11.1 Å². The van der Waals surface area contributed by atoms with Gasteiger partial charge in [0.05, 0.1) is 11.1 Å². The van der Waals surface area contributed by atoms with E-state index < -0.39 is 0 Å². The zero-order chi connectivity index (χ0) is 12.0. The molecule has 0 saturated heterocycles. The molecule has 3 rings (SSSR count). The van der Waals surface area contributed by atoms with Gasteiger partial charge in [-0.3, -0.25) is 0 Å². The minimum absolute atomic E-state index is 0.374. The van der Waals surface area contributed by atoms with Gasteiger partial charge in [-0.15, -0.1) is 0 Å². The molecular weight excluding hydrogens is 216 g/mol. The average Bonchev–Trinajstić information content (AvgIpc) is 2.70. The minimum Gasteiger partial charge on any atom is -0.380 e. The molecule has 1 aliphatic rings. The summed E-state index contributed by atoms with van der Waals surface area (Å²) < 4.78 is 5.20. The van der Waals surface area contributed by atoms with E-state index in [1.165, 1.54) is 11.1 Å². The number of hydrogen-bond acceptors (Lipinski definition) is 5. The molecule has 2 aromatic heterocycles. The number of fused-ring (bicyclic) bond motifs is 3. The van der Waals surface area contributed by atoms with Crippen molar-refractivity contribution in [2.75, 3.05) is 12.3 Å². The van der Waals surface area contributed by atoms with Crippen molar-refractivity contribution in [1.82, 2.24) is 15.5 Å². The third-order valence-corrected chi connectivity index (χ3v) is 3.30. The van der Waals surface area contributed by atoms with Gasteiger partial charge < -0.3 is 15.6 Å². The summed E-state index contributed by atoms with van der Waals surface area (Å²) in [6, 6.07) is 0. The number of rotatable bonds is 1. The molecule has 0 amide bonds. The first kappa shape index (κ1) is 10.5. The third kappa shape index (κ3) is 1.50. The van der Waals surface area contributed by atoms with E-state index in [0.717, 1.165) is 30.6 Å². The fourth-order valence-corrected chi connectivity index (χ4v) is 2.51. The number of nitrogen functional groups attached to an aromatic ring is 1. The molecule has 0 aliphatic carbocycles. The maximum absolute atomic E-state index is 5.86. The molecule has 0 unspecified atom stereocenters. The Morgan fingerprint density at radius 1 is 1.35 bits per heavy atom. The predicted octanol–water partition coefficient (Wildman–Crippen LogP) is 1.57. The summed E-state index contributed by atoms with van der Waals surface area (Å²) >= 11 is 0. The largest absolute Gasteiger partial charge is 0.380 e. The first-order valence-corrected chi connectivity index (χ1v) is 5.95. The zero-order valence-electron chi connectivity index (χ0n) is 10.1. The molecule has 1 aliphatic heterocycles. The second kappa shape index (κ2) is 3.70. The van der Waals surface area contributed by atoms with Crippen molar-refractivity contribution in [2.45, 2.75) is 32.7 Å². The molecule has 5 heteroatoms. The number of nitrogens with two attached hydrogens (primary N) is 1. The van der Waals surface area contributed by atoms with E-state index in [1.54, 1.807) is 0 Å². The second-order valence-corrected chi connectivity index (χ2v) is 4.78. The number of nitrogens with one attached hydrogen (secondary N) is 1. The lowest BCUT2D eigenvalue weighted by Gasteiger charge is -2.21. The normalized spacial score (nSPS) is 15.5. The van der Waals surface area contributed by atoms with E-state index in [1.807, 2.05) is 0 Å². The van der Waals surface area contributed by atoms with Crippen LogP contribution in [0, 0.1) is 0 Å². The molecule has 0 bridgehead atoms. The van der Waals surface area contributed by atoms with E-state index in [0.29, 0.717) is 17.4 Å². The monoisotopic (exact) mass is 232 g/mol. The first-order valence-electron chi connectivity index (χ1n) is 5.95. The first-order chi connectivity index (χ1) is 8.18. The molecule has 0 spiro atoms. The summed E-state index contributed by atoms with van der Waals surface area (Å²) in [6.45, 7) is 6.11. The van der Waals surface area contributed by atoms with Crippen LogP contribution in [-0.2, 0) is 13.0 Å². The SMILES string of the molecule is CC(C)c1nc2onc(N)c2c2c1CNCC2. The van der Waals surface area contributed by atoms with Crippen molar-refractivity contribution >= 4 is 16.9 Å². The van der Waals surface area contributed by atoms with Gasteiger partial charge in [-0.1, -0.05) is 19.0 Å². The van der Waals surface area contributed by atoms with Crippen LogP contribution in [0.2, 0.25) is 0 Å². The molecule has 0 atom stereocenters. The van der Waals surface area contributed by atoms with Gasteiger partial charge >= 0.3 is 0 Å². The van der Waals surface area contributed by atoms with Crippen LogP contribution >= 0.6 is 0 Å². The molecule has 3 N–H and O–H groups in total. The van der Waals surface area contributed by atoms with Crippen LogP contribution in [0.5, 0.6) is 0 Å². The quantitative estimate of drug-likeness (QED) is 0.780. The number of anilines is 1. The Hall–Kier alpha value is -1.62. The van der Waals surface area contributed by atoms with E-state index in [2.05, 4.69) is 29.3 Å². The molecule has 3 heterocycles. The number of pyridine rings is 1. The van der Waals surface area contributed by atoms with Gasteiger partial charge in [0.25, 0.3) is 5.71 Å². The molecule has 2 aromatic rings. The average molecular weight is 232 g/mol. The Morgan fingerprint density at radius 2 is 2.18 bits per heavy atom. The van der Waals surface area contributed by atoms with Crippen LogP contribution in [0.4, 0.5) is 5.82 Å². The van der Waals surface area contributed by atoms with Crippen molar-refractivity contribution in [1.29, 1.82) is 0 Å². The highest BCUT2D eigenvalue weighted by Crippen LogP contribution is 2.32. The highest BCUT2D eigenvalue weighted by Gasteiger charge is 2.23. The van der Waals surface area contributed by atoms with Crippen LogP contribution in [0.1, 0.15) is 36.6 Å². The fraction of sp³-hybridized carbons (Fsp3) is 0.500. The van der Waals surface area contributed by atoms with Gasteiger partial charge in [-0.2, -0.15) is 0 Å². The third-order valence-electron chi connectivity index (χ3n) is 3.30. The standard InChI is InChI=1S/C12H16N4O/c1-6(2)10-8-5-14-4-3-7(8)9-11(13)16-17-12(9)15-10/h6,14H,3-5H2,1-2H3,(H2,13,16). The Morgan fingerprint density at radius 3 is 2.94 bits per heavy atom. The smallest absolute Gasteiger partial charge is 0.260 e. The van der Waals surface area contributed by atoms with Gasteiger partial charge in [0.2, 0.25) is 0 Å². The van der Waals surface area contributed by atoms with E-state index in [9.17, 15) is 0 Å². The van der Waals surface area contributed by atoms with Crippen molar-refractivity contribution in [3.63, 3.8) is 0 Å². The molecule has 90 valence electrons. The number of nitrogens with zero attached hydrogens (tertiary/aromatic N) is 2. The Kier molecular flexibility index (Phi) is 2.29. The van der Waals surface area contributed by atoms with Crippen LogP contribution in [0.25, 0.3) is 11.1 Å². The van der Waals surface area contributed by atoms with Gasteiger partial charge in [0, 0.05) is 6.54 Å². The molecule has 0 saturated carbocycles. The highest BCUT2D eigenvalue weighted by molar-refractivity contribution is 5.89. The van der Waals surface area contributed by atoms with Crippen LogP contribution in [0.3, 0.4) is 0 Å². The minimum atomic E-state index is 0.374. The van der Waals surface area contributed by atoms with Gasteiger partial charge in [-0.25, -0.2) is 4.98 Å². The Balaban J connectivity index is 2.37. The summed E-state index contributed by atoms with van der Waals surface area (Å²) in [7, 11) is 0. The fourth-order valence-electron chi connectivity index (χ4n) is 2.51. The van der Waals surface area contributed by atoms with Gasteiger partial charge in [-0.05, 0) is 30.0 Å².